The van der Waals surface area contributed by atoms with E-state index >= 15 is 0 Å². The molecule has 0 aromatic carbocycles. The van der Waals surface area contributed by atoms with E-state index in [2.05, 4.69) is 15.3 Å². The first-order chi connectivity index (χ1) is 8.86. The molecule has 1 aliphatic heterocycles. The normalized spacial score (nSPS) is 20.4. The summed E-state index contributed by atoms with van der Waals surface area (Å²) in [6.45, 7) is 5.27. The average molecular weight is 265 g/mol. The van der Waals surface area contributed by atoms with E-state index in [0.717, 1.165) is 31.6 Å². The molecule has 1 aliphatic rings. The summed E-state index contributed by atoms with van der Waals surface area (Å²) in [6, 6.07) is 0.157. The number of piperidine rings is 1. The Morgan fingerprint density at radius 1 is 1.58 bits per heavy atom. The number of nitrogens with one attached hydrogen (secondary N) is 1. The fourth-order valence-electron chi connectivity index (χ4n) is 2.27. The van der Waals surface area contributed by atoms with E-state index in [4.69, 9.17) is 5.73 Å². The molecule has 1 aromatic heterocycles. The first kappa shape index (κ1) is 13.9. The van der Waals surface area contributed by atoms with Gasteiger partial charge >= 0.3 is 0 Å². The fourth-order valence-corrected chi connectivity index (χ4v) is 2.27. The van der Waals surface area contributed by atoms with Crippen molar-refractivity contribution in [2.45, 2.75) is 38.3 Å². The van der Waals surface area contributed by atoms with Crippen molar-refractivity contribution < 1.29 is 4.79 Å². The molecule has 1 atom stereocenters. The molecule has 1 amide bonds. The molecular formula is C13H23N5O. The van der Waals surface area contributed by atoms with Gasteiger partial charge in [0.2, 0.25) is 5.91 Å². The smallest absolute Gasteiger partial charge is 0.239 e. The maximum atomic E-state index is 11.9. The van der Waals surface area contributed by atoms with E-state index in [-0.39, 0.29) is 11.9 Å². The molecular weight excluding hydrogens is 242 g/mol. The van der Waals surface area contributed by atoms with Gasteiger partial charge in [-0.15, -0.1) is 0 Å². The lowest BCUT2D eigenvalue weighted by atomic mass is 10.0. The Bertz CT molecular complexity index is 448. The van der Waals surface area contributed by atoms with E-state index in [9.17, 15) is 4.79 Å². The molecule has 0 bridgehead atoms. The van der Waals surface area contributed by atoms with Gasteiger partial charge in [-0.2, -0.15) is 5.10 Å². The maximum Gasteiger partial charge on any atom is 0.239 e. The lowest BCUT2D eigenvalue weighted by molar-refractivity contribution is -0.126. The lowest BCUT2D eigenvalue weighted by Crippen LogP contribution is -2.55. The van der Waals surface area contributed by atoms with Crippen LogP contribution in [0.5, 0.6) is 0 Å². The summed E-state index contributed by atoms with van der Waals surface area (Å²) >= 11 is 0. The van der Waals surface area contributed by atoms with Gasteiger partial charge in [-0.3, -0.25) is 9.48 Å². The van der Waals surface area contributed by atoms with Gasteiger partial charge in [0.25, 0.3) is 0 Å². The van der Waals surface area contributed by atoms with E-state index in [0.29, 0.717) is 0 Å². The molecule has 2 heterocycles. The van der Waals surface area contributed by atoms with E-state index < -0.39 is 5.54 Å². The predicted octanol–water partition coefficient (Wildman–Crippen LogP) is 0.242. The quantitative estimate of drug-likeness (QED) is 0.821. The number of hydrogen-bond acceptors (Lipinski definition) is 4. The first-order valence-corrected chi connectivity index (χ1v) is 6.69. The minimum Gasteiger partial charge on any atom is -0.367 e. The van der Waals surface area contributed by atoms with Crippen LogP contribution in [0, 0.1) is 0 Å². The highest BCUT2D eigenvalue weighted by molar-refractivity contribution is 5.85. The Balaban J connectivity index is 1.96. The number of aryl methyl sites for hydroxylation is 1. The van der Waals surface area contributed by atoms with Crippen molar-refractivity contribution >= 4 is 11.6 Å². The minimum atomic E-state index is -0.823. The van der Waals surface area contributed by atoms with Crippen LogP contribution in [-0.4, -0.2) is 40.4 Å². The van der Waals surface area contributed by atoms with Gasteiger partial charge in [-0.1, -0.05) is 0 Å². The molecule has 106 valence electrons. The highest BCUT2D eigenvalue weighted by atomic mass is 16.2. The summed E-state index contributed by atoms with van der Waals surface area (Å²) in [4.78, 5) is 14.2. The molecule has 1 unspecified atom stereocenters. The summed E-state index contributed by atoms with van der Waals surface area (Å²) in [5.41, 5.74) is 6.09. The van der Waals surface area contributed by atoms with Crippen LogP contribution >= 0.6 is 0 Å². The third kappa shape index (κ3) is 3.47. The number of carbonyl (C=O) groups is 1. The molecule has 0 spiro atoms. The van der Waals surface area contributed by atoms with Gasteiger partial charge in [0, 0.05) is 32.4 Å². The van der Waals surface area contributed by atoms with Gasteiger partial charge in [-0.05, 0) is 26.7 Å². The lowest BCUT2D eigenvalue weighted by Gasteiger charge is -2.35. The second-order valence-electron chi connectivity index (χ2n) is 5.85. The average Bonchev–Trinajstić information content (AvgIpc) is 2.75. The van der Waals surface area contributed by atoms with Crippen molar-refractivity contribution in [3.8, 4) is 0 Å². The van der Waals surface area contributed by atoms with Crippen LogP contribution in [0.3, 0.4) is 0 Å². The van der Waals surface area contributed by atoms with Crippen LogP contribution in [0.4, 0.5) is 5.69 Å². The fraction of sp³-hybridized carbons (Fsp3) is 0.692. The Morgan fingerprint density at radius 3 is 2.89 bits per heavy atom. The molecule has 19 heavy (non-hydrogen) atoms. The summed E-state index contributed by atoms with van der Waals surface area (Å²) < 4.78 is 1.79. The van der Waals surface area contributed by atoms with Crippen molar-refractivity contribution in [1.29, 1.82) is 0 Å². The van der Waals surface area contributed by atoms with Crippen molar-refractivity contribution in [2.24, 2.45) is 12.8 Å². The second kappa shape index (κ2) is 5.21. The molecule has 6 heteroatoms. The number of carbonyl (C=O) groups excluding carboxylic acids is 1. The first-order valence-electron chi connectivity index (χ1n) is 6.69. The Kier molecular flexibility index (Phi) is 3.80. The molecule has 2 rings (SSSR count). The molecule has 3 N–H and O–H groups in total. The number of nitrogens with two attached hydrogens (primary N) is 1. The minimum absolute atomic E-state index is 0.0921. The summed E-state index contributed by atoms with van der Waals surface area (Å²) in [6.07, 6.45) is 5.91. The van der Waals surface area contributed by atoms with Gasteiger partial charge in [0.15, 0.2) is 0 Å². The zero-order chi connectivity index (χ0) is 14.0. The van der Waals surface area contributed by atoms with Crippen LogP contribution < -0.4 is 16.0 Å². The number of rotatable bonds is 3. The molecule has 1 fully saturated rings. The van der Waals surface area contributed by atoms with Crippen LogP contribution in [-0.2, 0) is 11.8 Å². The third-order valence-electron chi connectivity index (χ3n) is 3.40. The Hall–Kier alpha value is -1.56. The van der Waals surface area contributed by atoms with E-state index in [1.807, 2.05) is 19.4 Å². The number of hydrogen-bond donors (Lipinski definition) is 2. The highest BCUT2D eigenvalue weighted by Crippen LogP contribution is 2.19. The number of anilines is 1. The largest absolute Gasteiger partial charge is 0.367 e. The topological polar surface area (TPSA) is 76.2 Å². The maximum absolute atomic E-state index is 11.9. The van der Waals surface area contributed by atoms with Crippen molar-refractivity contribution in [3.05, 3.63) is 12.4 Å². The number of aromatic nitrogens is 2. The van der Waals surface area contributed by atoms with E-state index in [1.165, 1.54) is 0 Å². The monoisotopic (exact) mass is 265 g/mol. The summed E-state index contributed by atoms with van der Waals surface area (Å²) in [5.74, 6) is -0.0921. The molecule has 1 aromatic rings. The van der Waals surface area contributed by atoms with Crippen LogP contribution in [0.1, 0.15) is 26.7 Å². The zero-order valence-corrected chi connectivity index (χ0v) is 11.9. The summed E-state index contributed by atoms with van der Waals surface area (Å²) in [7, 11) is 1.91. The molecule has 0 radical (unpaired) electrons. The van der Waals surface area contributed by atoms with Crippen molar-refractivity contribution in [3.63, 3.8) is 0 Å². The van der Waals surface area contributed by atoms with Crippen LogP contribution in [0.15, 0.2) is 12.4 Å². The number of amides is 1. The van der Waals surface area contributed by atoms with Gasteiger partial charge in [0.05, 0.1) is 17.4 Å². The van der Waals surface area contributed by atoms with Gasteiger partial charge < -0.3 is 16.0 Å². The Labute approximate surface area is 113 Å². The van der Waals surface area contributed by atoms with Crippen LogP contribution in [0.2, 0.25) is 0 Å². The van der Waals surface area contributed by atoms with E-state index in [1.54, 1.807) is 18.5 Å². The summed E-state index contributed by atoms with van der Waals surface area (Å²) in [5, 5.41) is 7.22. The van der Waals surface area contributed by atoms with Gasteiger partial charge in [0.1, 0.15) is 0 Å². The second-order valence-corrected chi connectivity index (χ2v) is 5.85. The molecule has 0 saturated carbocycles. The van der Waals surface area contributed by atoms with Crippen molar-refractivity contribution in [2.75, 3.05) is 18.0 Å². The standard InChI is InChI=1S/C13H23N5O/c1-13(2,14)12(19)16-10-5-4-6-18(8-10)11-7-15-17(3)9-11/h7,9-10H,4-6,8,14H2,1-3H3,(H,16,19). The number of nitrogens with zero attached hydrogens (tertiary/aromatic N) is 3. The zero-order valence-electron chi connectivity index (χ0n) is 11.9. The highest BCUT2D eigenvalue weighted by Gasteiger charge is 2.27. The van der Waals surface area contributed by atoms with Crippen LogP contribution in [0.25, 0.3) is 0 Å². The molecule has 6 nitrogen and oxygen atoms in total. The predicted molar refractivity (Wildman–Crippen MR) is 74.9 cm³/mol. The molecule has 0 aliphatic carbocycles. The van der Waals surface area contributed by atoms with Crippen molar-refractivity contribution in [1.82, 2.24) is 15.1 Å². The molecule has 1 saturated heterocycles. The SMILES string of the molecule is Cn1cc(N2CCCC(NC(=O)C(C)(C)N)C2)cn1. The third-order valence-corrected chi connectivity index (χ3v) is 3.40. The van der Waals surface area contributed by atoms with Gasteiger partial charge in [-0.25, -0.2) is 0 Å². The Morgan fingerprint density at radius 2 is 2.32 bits per heavy atom.